The number of nitrogens with zero attached hydrogens (tertiary/aromatic N) is 1. The second-order valence-corrected chi connectivity index (χ2v) is 6.49. The standard InChI is InChI=1S/C23H27N.C2H6/c1-6-11-17(7-2)19(8-3)22-16(4)24(5)23-20-13-10-9-12-18(20)14-15-21(22)23;1-2/h6,8-9,11-12,14-15H,3,7,10,13H2,1-2,4-5H3;1-2H3/b11-6-,19-17+;. The highest BCUT2D eigenvalue weighted by molar-refractivity contribution is 6.00. The molecule has 0 saturated carbocycles. The zero-order chi connectivity index (χ0) is 19.3. The van der Waals surface area contributed by atoms with E-state index in [9.17, 15) is 0 Å². The Morgan fingerprint density at radius 1 is 1.27 bits per heavy atom. The predicted octanol–water partition coefficient (Wildman–Crippen LogP) is 7.40. The third-order valence-corrected chi connectivity index (χ3v) is 5.22. The Morgan fingerprint density at radius 3 is 2.62 bits per heavy atom. The SMILES string of the molecule is C=C/C(=C(\C=C/C)CC)c1c(C)n(C)c2c3c(ccc12)C=CCC3.CC. The number of hydrogen-bond acceptors (Lipinski definition) is 0. The van der Waals surface area contributed by atoms with Crippen molar-refractivity contribution >= 4 is 22.6 Å². The summed E-state index contributed by atoms with van der Waals surface area (Å²) in [6.07, 6.45) is 14.2. The number of benzene rings is 1. The average Bonchev–Trinajstić information content (AvgIpc) is 2.95. The summed E-state index contributed by atoms with van der Waals surface area (Å²) in [5, 5.41) is 1.36. The van der Waals surface area contributed by atoms with Gasteiger partial charge in [0.15, 0.2) is 0 Å². The molecule has 0 saturated heterocycles. The highest BCUT2D eigenvalue weighted by atomic mass is 14.9. The van der Waals surface area contributed by atoms with Gasteiger partial charge >= 0.3 is 0 Å². The molecule has 1 nitrogen and oxygen atoms in total. The molecule has 1 heterocycles. The largest absolute Gasteiger partial charge is 0.347 e. The van der Waals surface area contributed by atoms with Gasteiger partial charge in [0.05, 0.1) is 5.52 Å². The summed E-state index contributed by atoms with van der Waals surface area (Å²) in [6, 6.07) is 4.57. The molecule has 26 heavy (non-hydrogen) atoms. The van der Waals surface area contributed by atoms with Crippen LogP contribution >= 0.6 is 0 Å². The fraction of sp³-hybridized carbons (Fsp3) is 0.360. The van der Waals surface area contributed by atoms with Crippen molar-refractivity contribution in [1.82, 2.24) is 4.57 Å². The molecule has 0 unspecified atom stereocenters. The van der Waals surface area contributed by atoms with Crippen LogP contribution in [0.25, 0.3) is 22.6 Å². The van der Waals surface area contributed by atoms with Gasteiger partial charge in [-0.05, 0) is 55.4 Å². The van der Waals surface area contributed by atoms with Crippen LogP contribution in [0.15, 0.2) is 48.6 Å². The fourth-order valence-electron chi connectivity index (χ4n) is 3.96. The Balaban J connectivity index is 0.00000117. The predicted molar refractivity (Wildman–Crippen MR) is 119 cm³/mol. The first-order chi connectivity index (χ1) is 12.6. The molecule has 0 N–H and O–H groups in total. The molecule has 0 fully saturated rings. The number of aromatic nitrogens is 1. The Labute approximate surface area is 159 Å². The van der Waals surface area contributed by atoms with E-state index in [4.69, 9.17) is 0 Å². The molecule has 1 aromatic carbocycles. The second kappa shape index (κ2) is 8.89. The van der Waals surface area contributed by atoms with Crippen LogP contribution < -0.4 is 0 Å². The van der Waals surface area contributed by atoms with Gasteiger partial charge < -0.3 is 4.57 Å². The van der Waals surface area contributed by atoms with Crippen molar-refractivity contribution in [2.24, 2.45) is 7.05 Å². The van der Waals surface area contributed by atoms with Gasteiger partial charge in [-0.1, -0.05) is 69.9 Å². The molecule has 0 atom stereocenters. The van der Waals surface area contributed by atoms with Gasteiger partial charge in [0.1, 0.15) is 0 Å². The third kappa shape index (κ3) is 3.35. The lowest BCUT2D eigenvalue weighted by molar-refractivity contribution is 0.895. The van der Waals surface area contributed by atoms with E-state index in [0.717, 1.165) is 19.3 Å². The minimum absolute atomic E-state index is 1.01. The van der Waals surface area contributed by atoms with E-state index in [1.807, 2.05) is 19.9 Å². The lowest BCUT2D eigenvalue weighted by Gasteiger charge is -2.13. The van der Waals surface area contributed by atoms with E-state index in [0.29, 0.717) is 0 Å². The van der Waals surface area contributed by atoms with Crippen molar-refractivity contribution in [2.75, 3.05) is 0 Å². The smallest absolute Gasteiger partial charge is 0.0524 e. The van der Waals surface area contributed by atoms with Crippen LogP contribution in [0, 0.1) is 6.92 Å². The van der Waals surface area contributed by atoms with Gasteiger partial charge in [-0.3, -0.25) is 0 Å². The van der Waals surface area contributed by atoms with Crippen molar-refractivity contribution in [2.45, 2.75) is 53.9 Å². The van der Waals surface area contributed by atoms with E-state index < -0.39 is 0 Å². The summed E-state index contributed by atoms with van der Waals surface area (Å²) in [6.45, 7) is 14.6. The zero-order valence-corrected chi connectivity index (χ0v) is 17.3. The maximum Gasteiger partial charge on any atom is 0.0524 e. The molecule has 1 aliphatic rings. The molecule has 138 valence electrons. The van der Waals surface area contributed by atoms with E-state index in [1.54, 1.807) is 0 Å². The summed E-state index contributed by atoms with van der Waals surface area (Å²) in [5.41, 5.74) is 9.52. The van der Waals surface area contributed by atoms with Crippen molar-refractivity contribution in [3.05, 3.63) is 71.0 Å². The first-order valence-electron chi connectivity index (χ1n) is 9.90. The van der Waals surface area contributed by atoms with Gasteiger partial charge in [0.2, 0.25) is 0 Å². The number of aryl methyl sites for hydroxylation is 2. The maximum atomic E-state index is 4.12. The van der Waals surface area contributed by atoms with Gasteiger partial charge in [0, 0.05) is 23.7 Å². The molecule has 0 aliphatic heterocycles. The highest BCUT2D eigenvalue weighted by Crippen LogP contribution is 2.38. The number of allylic oxidation sites excluding steroid dienone is 6. The van der Waals surface area contributed by atoms with Crippen LogP contribution in [-0.2, 0) is 13.5 Å². The van der Waals surface area contributed by atoms with Crippen molar-refractivity contribution < 1.29 is 0 Å². The quantitative estimate of drug-likeness (QED) is 0.508. The lowest BCUT2D eigenvalue weighted by Crippen LogP contribution is -1.99. The first-order valence-corrected chi connectivity index (χ1v) is 9.90. The van der Waals surface area contributed by atoms with E-state index in [-0.39, 0.29) is 0 Å². The zero-order valence-electron chi connectivity index (χ0n) is 17.3. The molecule has 0 radical (unpaired) electrons. The minimum atomic E-state index is 1.01. The molecule has 0 spiro atoms. The molecular weight excluding hydrogens is 314 g/mol. The van der Waals surface area contributed by atoms with Crippen LogP contribution in [0.2, 0.25) is 0 Å². The summed E-state index contributed by atoms with van der Waals surface area (Å²) >= 11 is 0. The maximum absolute atomic E-state index is 4.12. The number of fused-ring (bicyclic) bond motifs is 3. The molecule has 3 rings (SSSR count). The lowest BCUT2D eigenvalue weighted by atomic mass is 9.91. The highest BCUT2D eigenvalue weighted by Gasteiger charge is 2.20. The summed E-state index contributed by atoms with van der Waals surface area (Å²) in [5.74, 6) is 0. The number of hydrogen-bond donors (Lipinski definition) is 0. The van der Waals surface area contributed by atoms with Crippen LogP contribution in [-0.4, -0.2) is 4.57 Å². The third-order valence-electron chi connectivity index (χ3n) is 5.22. The Morgan fingerprint density at radius 2 is 2.00 bits per heavy atom. The molecular formula is C25H33N. The Hall–Kier alpha value is -2.28. The van der Waals surface area contributed by atoms with Gasteiger partial charge in [-0.2, -0.15) is 0 Å². The van der Waals surface area contributed by atoms with Crippen LogP contribution in [0.1, 0.15) is 62.9 Å². The number of rotatable bonds is 4. The fourth-order valence-corrected chi connectivity index (χ4v) is 3.96. The van der Waals surface area contributed by atoms with Crippen molar-refractivity contribution in [3.63, 3.8) is 0 Å². The van der Waals surface area contributed by atoms with E-state index in [1.165, 1.54) is 44.4 Å². The van der Waals surface area contributed by atoms with Crippen LogP contribution in [0.3, 0.4) is 0 Å². The molecule has 1 aliphatic carbocycles. The minimum Gasteiger partial charge on any atom is -0.347 e. The summed E-state index contributed by atoms with van der Waals surface area (Å²) in [7, 11) is 2.20. The second-order valence-electron chi connectivity index (χ2n) is 6.49. The van der Waals surface area contributed by atoms with Gasteiger partial charge in [-0.15, -0.1) is 0 Å². The van der Waals surface area contributed by atoms with Crippen LogP contribution in [0.5, 0.6) is 0 Å². The molecule has 0 amide bonds. The monoisotopic (exact) mass is 347 g/mol. The summed E-state index contributed by atoms with van der Waals surface area (Å²) < 4.78 is 2.37. The van der Waals surface area contributed by atoms with Crippen molar-refractivity contribution in [1.29, 1.82) is 0 Å². The van der Waals surface area contributed by atoms with Crippen molar-refractivity contribution in [3.8, 4) is 0 Å². The van der Waals surface area contributed by atoms with Gasteiger partial charge in [-0.25, -0.2) is 0 Å². The Kier molecular flexibility index (Phi) is 6.85. The first kappa shape index (κ1) is 20.0. The van der Waals surface area contributed by atoms with E-state index in [2.05, 4.69) is 75.4 Å². The molecule has 1 heteroatoms. The topological polar surface area (TPSA) is 4.93 Å². The average molecular weight is 348 g/mol. The molecule has 0 bridgehead atoms. The Bertz CT molecular complexity index is 885. The van der Waals surface area contributed by atoms with E-state index >= 15 is 0 Å². The normalized spacial score (nSPS) is 14.1. The molecule has 1 aromatic heterocycles. The summed E-state index contributed by atoms with van der Waals surface area (Å²) in [4.78, 5) is 0. The van der Waals surface area contributed by atoms with Gasteiger partial charge in [0.25, 0.3) is 0 Å². The molecule has 2 aromatic rings. The van der Waals surface area contributed by atoms with Crippen LogP contribution in [0.4, 0.5) is 0 Å².